The van der Waals surface area contributed by atoms with Crippen molar-refractivity contribution in [3.8, 4) is 11.4 Å². The molecule has 0 fully saturated rings. The van der Waals surface area contributed by atoms with Crippen LogP contribution >= 0.6 is 0 Å². The van der Waals surface area contributed by atoms with Crippen molar-refractivity contribution in [2.24, 2.45) is 0 Å². The second-order valence-corrected chi connectivity index (χ2v) is 8.19. The van der Waals surface area contributed by atoms with Gasteiger partial charge in [0.05, 0.1) is 5.52 Å². The lowest BCUT2D eigenvalue weighted by atomic mass is 10.2. The van der Waals surface area contributed by atoms with Gasteiger partial charge in [-0.25, -0.2) is 9.97 Å². The molecule has 0 aliphatic rings. The van der Waals surface area contributed by atoms with E-state index in [1.807, 2.05) is 59.1 Å². The number of nitrogens with zero attached hydrogens (tertiary/aromatic N) is 5. The Labute approximate surface area is 193 Å². The Morgan fingerprint density at radius 1 is 0.909 bits per heavy atom. The minimum atomic E-state index is 0.702. The van der Waals surface area contributed by atoms with Gasteiger partial charge in [0.2, 0.25) is 5.95 Å². The first-order chi connectivity index (χ1) is 16.2. The molecule has 0 saturated heterocycles. The zero-order chi connectivity index (χ0) is 22.6. The van der Waals surface area contributed by atoms with Crippen LogP contribution in [0.3, 0.4) is 0 Å². The van der Waals surface area contributed by atoms with Crippen LogP contribution in [0.1, 0.15) is 18.9 Å². The van der Waals surface area contributed by atoms with Gasteiger partial charge in [0.1, 0.15) is 0 Å². The Kier molecular flexibility index (Phi) is 5.89. The number of hydrogen-bond acceptors (Lipinski definition) is 5. The van der Waals surface area contributed by atoms with Crippen molar-refractivity contribution in [3.05, 3.63) is 84.4 Å². The largest absolute Gasteiger partial charge is 0.372 e. The number of benzene rings is 3. The van der Waals surface area contributed by atoms with Crippen LogP contribution in [0.2, 0.25) is 0 Å². The lowest BCUT2D eigenvalue weighted by Crippen LogP contribution is -2.25. The molecule has 0 aliphatic carbocycles. The maximum absolute atomic E-state index is 4.85. The van der Waals surface area contributed by atoms with Gasteiger partial charge in [0.15, 0.2) is 11.5 Å². The molecule has 5 rings (SSSR count). The summed E-state index contributed by atoms with van der Waals surface area (Å²) in [5, 5.41) is 9.29. The highest BCUT2D eigenvalue weighted by atomic mass is 15.4. The molecule has 2 aromatic heterocycles. The second-order valence-electron chi connectivity index (χ2n) is 8.19. The first-order valence-corrected chi connectivity index (χ1v) is 11.5. The van der Waals surface area contributed by atoms with Crippen LogP contribution in [-0.4, -0.2) is 39.2 Å². The molecule has 0 aliphatic heterocycles. The highest BCUT2D eigenvalue weighted by Crippen LogP contribution is 2.24. The fourth-order valence-electron chi connectivity index (χ4n) is 4.14. The van der Waals surface area contributed by atoms with E-state index in [1.165, 1.54) is 11.3 Å². The molecule has 0 spiro atoms. The number of hydrogen-bond donors (Lipinski definition) is 1. The summed E-state index contributed by atoms with van der Waals surface area (Å²) in [6.07, 6.45) is 0.984. The summed E-state index contributed by atoms with van der Waals surface area (Å²) in [5.41, 5.74) is 5.28. The summed E-state index contributed by atoms with van der Waals surface area (Å²) in [4.78, 5) is 12.1. The molecule has 0 saturated carbocycles. The van der Waals surface area contributed by atoms with Crippen molar-refractivity contribution in [1.29, 1.82) is 0 Å². The molecular formula is C27H28N6. The fraction of sp³-hybridized carbons (Fsp3) is 0.222. The minimum absolute atomic E-state index is 0.702. The third kappa shape index (κ3) is 4.37. The van der Waals surface area contributed by atoms with Crippen LogP contribution in [0.25, 0.3) is 27.9 Å². The zero-order valence-corrected chi connectivity index (χ0v) is 19.1. The molecule has 0 radical (unpaired) electrons. The van der Waals surface area contributed by atoms with E-state index in [-0.39, 0.29) is 0 Å². The number of nitrogens with one attached hydrogen (secondary N) is 1. The van der Waals surface area contributed by atoms with Gasteiger partial charge in [0.25, 0.3) is 0 Å². The molecule has 3 aromatic carbocycles. The van der Waals surface area contributed by atoms with Crippen LogP contribution in [0.5, 0.6) is 0 Å². The van der Waals surface area contributed by atoms with E-state index in [0.717, 1.165) is 54.1 Å². The van der Waals surface area contributed by atoms with Crippen LogP contribution in [0.15, 0.2) is 78.9 Å². The summed E-state index contributed by atoms with van der Waals surface area (Å²) in [7, 11) is 0. The van der Waals surface area contributed by atoms with Gasteiger partial charge in [-0.15, -0.1) is 5.10 Å². The quantitative estimate of drug-likeness (QED) is 0.322. The van der Waals surface area contributed by atoms with E-state index in [9.17, 15) is 0 Å². The molecule has 1 N–H and O–H groups in total. The van der Waals surface area contributed by atoms with Crippen molar-refractivity contribution in [2.45, 2.75) is 20.3 Å². The monoisotopic (exact) mass is 436 g/mol. The molecule has 0 atom stereocenters. The molecular weight excluding hydrogens is 408 g/mol. The maximum atomic E-state index is 4.85. The van der Waals surface area contributed by atoms with Crippen LogP contribution in [0.4, 0.5) is 11.6 Å². The van der Waals surface area contributed by atoms with Gasteiger partial charge in [-0.2, -0.15) is 4.52 Å². The van der Waals surface area contributed by atoms with Gasteiger partial charge in [-0.3, -0.25) is 0 Å². The van der Waals surface area contributed by atoms with Crippen LogP contribution < -0.4 is 10.2 Å². The van der Waals surface area contributed by atoms with E-state index >= 15 is 0 Å². The number of aromatic nitrogens is 4. The first-order valence-electron chi connectivity index (χ1n) is 11.5. The van der Waals surface area contributed by atoms with Crippen molar-refractivity contribution < 1.29 is 0 Å². The standard InChI is InChI=1S/C27H28N6/c1-3-32(22-14-9-11-20(2)19-22)18-10-17-28-27-29-24-16-8-7-15-23(24)26-30-25(31-33(26)27)21-12-5-4-6-13-21/h4-9,11-16,19H,3,10,17-18H2,1-2H3,(H,28,29). The molecule has 166 valence electrons. The average molecular weight is 437 g/mol. The first kappa shape index (κ1) is 20.9. The summed E-state index contributed by atoms with van der Waals surface area (Å²) in [5.74, 6) is 1.42. The number of anilines is 2. The van der Waals surface area contributed by atoms with Gasteiger partial charge < -0.3 is 10.2 Å². The molecule has 6 heteroatoms. The second kappa shape index (κ2) is 9.28. The summed E-state index contributed by atoms with van der Waals surface area (Å²) >= 11 is 0. The average Bonchev–Trinajstić information content (AvgIpc) is 3.31. The molecule has 0 amide bonds. The number of rotatable bonds is 8. The topological polar surface area (TPSA) is 58.3 Å². The van der Waals surface area contributed by atoms with E-state index < -0.39 is 0 Å². The molecule has 6 nitrogen and oxygen atoms in total. The van der Waals surface area contributed by atoms with Gasteiger partial charge in [-0.05, 0) is 50.1 Å². The normalized spacial score (nSPS) is 11.2. The van der Waals surface area contributed by atoms with Crippen molar-refractivity contribution in [2.75, 3.05) is 29.9 Å². The number of fused-ring (bicyclic) bond motifs is 3. The van der Waals surface area contributed by atoms with E-state index in [1.54, 1.807) is 0 Å². The summed E-state index contributed by atoms with van der Waals surface area (Å²) < 4.78 is 1.84. The summed E-state index contributed by atoms with van der Waals surface area (Å²) in [6, 6.07) is 26.8. The van der Waals surface area contributed by atoms with E-state index in [2.05, 4.69) is 48.3 Å². The highest BCUT2D eigenvalue weighted by Gasteiger charge is 2.14. The Bertz CT molecular complexity index is 1380. The fourth-order valence-corrected chi connectivity index (χ4v) is 4.14. The minimum Gasteiger partial charge on any atom is -0.372 e. The third-order valence-electron chi connectivity index (χ3n) is 5.85. The van der Waals surface area contributed by atoms with E-state index in [0.29, 0.717) is 5.82 Å². The Balaban J connectivity index is 1.38. The van der Waals surface area contributed by atoms with Gasteiger partial charge in [-0.1, -0.05) is 54.6 Å². The Morgan fingerprint density at radius 3 is 2.55 bits per heavy atom. The molecule has 2 heterocycles. The van der Waals surface area contributed by atoms with Crippen LogP contribution in [0, 0.1) is 6.92 Å². The zero-order valence-electron chi connectivity index (χ0n) is 19.1. The molecule has 0 bridgehead atoms. The predicted molar refractivity (Wildman–Crippen MR) is 136 cm³/mol. The SMILES string of the molecule is CCN(CCCNc1nc2ccccc2c2nc(-c3ccccc3)nn12)c1cccc(C)c1. The predicted octanol–water partition coefficient (Wildman–Crippen LogP) is 5.58. The molecule has 0 unspecified atom stereocenters. The van der Waals surface area contributed by atoms with Crippen molar-refractivity contribution >= 4 is 28.2 Å². The Hall–Kier alpha value is -3.93. The van der Waals surface area contributed by atoms with Crippen molar-refractivity contribution in [3.63, 3.8) is 0 Å². The smallest absolute Gasteiger partial charge is 0.226 e. The van der Waals surface area contributed by atoms with Crippen molar-refractivity contribution in [1.82, 2.24) is 19.6 Å². The van der Waals surface area contributed by atoms with Gasteiger partial charge in [0, 0.05) is 36.3 Å². The molecule has 5 aromatic rings. The van der Waals surface area contributed by atoms with Crippen LogP contribution in [-0.2, 0) is 0 Å². The Morgan fingerprint density at radius 2 is 1.73 bits per heavy atom. The van der Waals surface area contributed by atoms with Gasteiger partial charge >= 0.3 is 0 Å². The molecule has 33 heavy (non-hydrogen) atoms. The lowest BCUT2D eigenvalue weighted by Gasteiger charge is -2.23. The lowest BCUT2D eigenvalue weighted by molar-refractivity contribution is 0.762. The maximum Gasteiger partial charge on any atom is 0.226 e. The summed E-state index contributed by atoms with van der Waals surface area (Å²) in [6.45, 7) is 7.08. The third-order valence-corrected chi connectivity index (χ3v) is 5.85. The number of aryl methyl sites for hydroxylation is 1. The van der Waals surface area contributed by atoms with E-state index in [4.69, 9.17) is 15.1 Å². The highest BCUT2D eigenvalue weighted by molar-refractivity contribution is 5.92. The number of para-hydroxylation sites is 1.